The Kier molecular flexibility index (Phi) is 4.09. The maximum absolute atomic E-state index is 12.1. The van der Waals surface area contributed by atoms with Crippen LogP contribution in [-0.4, -0.2) is 42.3 Å². The van der Waals surface area contributed by atoms with E-state index in [1.54, 1.807) is 0 Å². The zero-order chi connectivity index (χ0) is 14.8. The number of rotatable bonds is 5. The monoisotopic (exact) mass is 301 g/mol. The molecule has 10 nitrogen and oxygen atoms in total. The highest BCUT2D eigenvalue weighted by atomic mass is 31.2. The van der Waals surface area contributed by atoms with Crippen LogP contribution in [0, 0.1) is 0 Å². The SMILES string of the molecule is Nc1nc2nccnc2c(=O)n1CCOCP(=O)(O)O. The van der Waals surface area contributed by atoms with E-state index in [9.17, 15) is 9.36 Å². The molecule has 2 rings (SSSR count). The number of nitrogen functional groups attached to an aromatic ring is 1. The van der Waals surface area contributed by atoms with Gasteiger partial charge in [-0.05, 0) is 0 Å². The second kappa shape index (κ2) is 5.63. The van der Waals surface area contributed by atoms with Crippen LogP contribution >= 0.6 is 7.60 Å². The summed E-state index contributed by atoms with van der Waals surface area (Å²) in [6.07, 6.45) is 2.03. The summed E-state index contributed by atoms with van der Waals surface area (Å²) in [7, 11) is -4.23. The summed E-state index contributed by atoms with van der Waals surface area (Å²) >= 11 is 0. The van der Waals surface area contributed by atoms with Crippen LogP contribution < -0.4 is 11.3 Å². The smallest absolute Gasteiger partial charge is 0.350 e. The average Bonchev–Trinajstić information content (AvgIpc) is 2.36. The summed E-state index contributed by atoms with van der Waals surface area (Å²) in [5, 5.41) is 0. The minimum absolute atomic E-state index is 0.00415. The first-order valence-corrected chi connectivity index (χ1v) is 7.27. The highest BCUT2D eigenvalue weighted by Crippen LogP contribution is 2.33. The molecule has 2 heterocycles. The van der Waals surface area contributed by atoms with Crippen molar-refractivity contribution in [2.75, 3.05) is 18.7 Å². The van der Waals surface area contributed by atoms with Crippen molar-refractivity contribution < 1.29 is 19.1 Å². The molecular weight excluding hydrogens is 289 g/mol. The summed E-state index contributed by atoms with van der Waals surface area (Å²) in [5.74, 6) is -0.0669. The highest BCUT2D eigenvalue weighted by molar-refractivity contribution is 7.51. The number of aromatic nitrogens is 4. The number of fused-ring (bicyclic) bond motifs is 1. The predicted octanol–water partition coefficient (Wildman–Crippen LogP) is -1.08. The van der Waals surface area contributed by atoms with Gasteiger partial charge in [-0.25, -0.2) is 9.97 Å². The fourth-order valence-corrected chi connectivity index (χ4v) is 1.89. The molecule has 0 aromatic carbocycles. The Bertz CT molecular complexity index is 726. The molecule has 0 amide bonds. The summed E-state index contributed by atoms with van der Waals surface area (Å²) in [4.78, 5) is 41.0. The first-order chi connectivity index (χ1) is 9.38. The molecule has 11 heteroatoms. The topological polar surface area (TPSA) is 153 Å². The van der Waals surface area contributed by atoms with E-state index in [0.717, 1.165) is 4.57 Å². The molecule has 0 aliphatic heterocycles. The molecule has 108 valence electrons. The van der Waals surface area contributed by atoms with Crippen LogP contribution in [0.3, 0.4) is 0 Å². The van der Waals surface area contributed by atoms with Crippen molar-refractivity contribution in [1.29, 1.82) is 0 Å². The second-order valence-electron chi connectivity index (χ2n) is 3.86. The van der Waals surface area contributed by atoms with Gasteiger partial charge in [0.25, 0.3) is 5.56 Å². The molecule has 0 saturated heterocycles. The molecule has 0 unspecified atom stereocenters. The van der Waals surface area contributed by atoms with Crippen LogP contribution in [0.15, 0.2) is 17.2 Å². The van der Waals surface area contributed by atoms with Crippen LogP contribution in [0.1, 0.15) is 0 Å². The van der Waals surface area contributed by atoms with Crippen molar-refractivity contribution >= 4 is 24.7 Å². The van der Waals surface area contributed by atoms with Crippen molar-refractivity contribution in [3.8, 4) is 0 Å². The van der Waals surface area contributed by atoms with Crippen LogP contribution in [0.4, 0.5) is 5.95 Å². The van der Waals surface area contributed by atoms with Gasteiger partial charge in [-0.2, -0.15) is 4.98 Å². The third-order valence-corrected chi connectivity index (χ3v) is 2.86. The summed E-state index contributed by atoms with van der Waals surface area (Å²) in [6.45, 7) is -0.0904. The van der Waals surface area contributed by atoms with E-state index in [1.807, 2.05) is 0 Å². The molecule has 20 heavy (non-hydrogen) atoms. The van der Waals surface area contributed by atoms with E-state index in [4.69, 9.17) is 20.3 Å². The van der Waals surface area contributed by atoms with Gasteiger partial charge in [0, 0.05) is 12.4 Å². The lowest BCUT2D eigenvalue weighted by Crippen LogP contribution is -2.27. The zero-order valence-corrected chi connectivity index (χ0v) is 11.1. The minimum atomic E-state index is -4.23. The first kappa shape index (κ1) is 14.5. The van der Waals surface area contributed by atoms with Crippen LogP contribution in [-0.2, 0) is 15.8 Å². The quantitative estimate of drug-likeness (QED) is 0.462. The maximum atomic E-state index is 12.1. The fraction of sp³-hybridized carbons (Fsp3) is 0.333. The normalized spacial score (nSPS) is 11.9. The Morgan fingerprint density at radius 2 is 2.05 bits per heavy atom. The lowest BCUT2D eigenvalue weighted by atomic mass is 10.5. The minimum Gasteiger partial charge on any atom is -0.369 e. The number of nitrogens with zero attached hydrogens (tertiary/aromatic N) is 4. The largest absolute Gasteiger partial charge is 0.369 e. The fourth-order valence-electron chi connectivity index (χ4n) is 1.52. The zero-order valence-electron chi connectivity index (χ0n) is 10.2. The van der Waals surface area contributed by atoms with Crippen molar-refractivity contribution in [2.45, 2.75) is 6.54 Å². The van der Waals surface area contributed by atoms with E-state index in [1.165, 1.54) is 12.4 Å². The first-order valence-electron chi connectivity index (χ1n) is 5.48. The predicted molar refractivity (Wildman–Crippen MR) is 68.9 cm³/mol. The van der Waals surface area contributed by atoms with E-state index >= 15 is 0 Å². The van der Waals surface area contributed by atoms with E-state index in [0.29, 0.717) is 0 Å². The van der Waals surface area contributed by atoms with Crippen molar-refractivity contribution in [3.63, 3.8) is 0 Å². The Balaban J connectivity index is 2.18. The molecule has 0 aliphatic carbocycles. The Morgan fingerprint density at radius 1 is 1.35 bits per heavy atom. The number of hydrogen-bond acceptors (Lipinski definition) is 7. The Hall–Kier alpha value is -1.87. The van der Waals surface area contributed by atoms with E-state index < -0.39 is 19.5 Å². The summed E-state index contributed by atoms with van der Waals surface area (Å²) in [6, 6.07) is 0. The van der Waals surface area contributed by atoms with Gasteiger partial charge in [-0.1, -0.05) is 0 Å². The van der Waals surface area contributed by atoms with Gasteiger partial charge in [0.2, 0.25) is 5.95 Å². The maximum Gasteiger partial charge on any atom is 0.350 e. The molecule has 0 bridgehead atoms. The van der Waals surface area contributed by atoms with Gasteiger partial charge in [0.1, 0.15) is 6.35 Å². The Labute approximate surface area is 112 Å². The highest BCUT2D eigenvalue weighted by Gasteiger charge is 2.14. The molecule has 0 radical (unpaired) electrons. The van der Waals surface area contributed by atoms with Gasteiger partial charge < -0.3 is 20.3 Å². The number of hydrogen-bond donors (Lipinski definition) is 3. The molecule has 4 N–H and O–H groups in total. The second-order valence-corrected chi connectivity index (χ2v) is 5.44. The van der Waals surface area contributed by atoms with Crippen LogP contribution in [0.2, 0.25) is 0 Å². The van der Waals surface area contributed by atoms with Gasteiger partial charge >= 0.3 is 7.60 Å². The van der Waals surface area contributed by atoms with E-state index in [2.05, 4.69) is 15.0 Å². The van der Waals surface area contributed by atoms with Gasteiger partial charge in [0.15, 0.2) is 11.2 Å². The van der Waals surface area contributed by atoms with Gasteiger partial charge in [-0.15, -0.1) is 0 Å². The van der Waals surface area contributed by atoms with Gasteiger partial charge in [0.05, 0.1) is 13.2 Å². The number of nitrogens with two attached hydrogens (primary N) is 1. The number of ether oxygens (including phenoxy) is 1. The van der Waals surface area contributed by atoms with Crippen molar-refractivity contribution in [1.82, 2.24) is 19.5 Å². The summed E-state index contributed by atoms with van der Waals surface area (Å²) in [5.41, 5.74) is 5.35. The molecule has 0 atom stereocenters. The average molecular weight is 301 g/mol. The molecule has 0 fully saturated rings. The Morgan fingerprint density at radius 3 is 2.75 bits per heavy atom. The standard InChI is InChI=1S/C9H12N5O5P/c10-9-13-7-6(11-1-2-12-7)8(15)14(9)3-4-19-5-20(16,17)18/h1-2H,3-5H2,(H2,10,12,13)(H2,16,17,18). The molecule has 0 aliphatic rings. The molecule has 2 aromatic rings. The molecule has 0 saturated carbocycles. The third-order valence-electron chi connectivity index (χ3n) is 2.34. The lowest BCUT2D eigenvalue weighted by Gasteiger charge is -2.10. The summed E-state index contributed by atoms with van der Waals surface area (Å²) < 4.78 is 16.5. The number of anilines is 1. The molecule has 0 spiro atoms. The van der Waals surface area contributed by atoms with Crippen molar-refractivity contribution in [3.05, 3.63) is 22.7 Å². The molecular formula is C9H12N5O5P. The van der Waals surface area contributed by atoms with E-state index in [-0.39, 0.29) is 30.3 Å². The molecule has 2 aromatic heterocycles. The van der Waals surface area contributed by atoms with Crippen LogP contribution in [0.5, 0.6) is 0 Å². The van der Waals surface area contributed by atoms with Gasteiger partial charge in [-0.3, -0.25) is 13.9 Å². The van der Waals surface area contributed by atoms with Crippen molar-refractivity contribution in [2.24, 2.45) is 0 Å². The van der Waals surface area contributed by atoms with Crippen LogP contribution in [0.25, 0.3) is 11.2 Å². The third kappa shape index (κ3) is 3.36. The lowest BCUT2D eigenvalue weighted by molar-refractivity contribution is 0.148.